The first-order valence-electron chi connectivity index (χ1n) is 7.33. The zero-order chi connectivity index (χ0) is 15.4. The van der Waals surface area contributed by atoms with Gasteiger partial charge in [0, 0.05) is 52.0 Å². The van der Waals surface area contributed by atoms with Crippen molar-refractivity contribution in [1.82, 2.24) is 19.4 Å². The van der Waals surface area contributed by atoms with Crippen molar-refractivity contribution in [3.05, 3.63) is 32.6 Å². The van der Waals surface area contributed by atoms with E-state index in [1.54, 1.807) is 13.2 Å². The number of aromatic nitrogens is 2. The van der Waals surface area contributed by atoms with Crippen LogP contribution in [-0.2, 0) is 25.4 Å². The Morgan fingerprint density at radius 2 is 2.14 bits per heavy atom. The summed E-state index contributed by atoms with van der Waals surface area (Å²) in [7, 11) is 3.15. The summed E-state index contributed by atoms with van der Waals surface area (Å²) in [5.41, 5.74) is 0.0334. The largest absolute Gasteiger partial charge is 0.374 e. The van der Waals surface area contributed by atoms with Crippen LogP contribution in [0.25, 0.3) is 0 Å². The van der Waals surface area contributed by atoms with E-state index in [2.05, 4.69) is 17.1 Å². The Bertz CT molecular complexity index is 593. The van der Waals surface area contributed by atoms with Crippen LogP contribution in [-0.4, -0.2) is 52.9 Å². The number of aryl methyl sites for hydroxylation is 1. The van der Waals surface area contributed by atoms with Crippen LogP contribution in [0, 0.1) is 0 Å². The number of hydrogen-bond acceptors (Lipinski definition) is 5. The molecule has 2 heterocycles. The molecule has 1 unspecified atom stereocenters. The Labute approximate surface area is 124 Å². The average molecular weight is 296 g/mol. The molecule has 21 heavy (non-hydrogen) atoms. The summed E-state index contributed by atoms with van der Waals surface area (Å²) in [6, 6.07) is 0. The molecule has 2 rings (SSSR count). The van der Waals surface area contributed by atoms with E-state index in [-0.39, 0.29) is 17.4 Å². The maximum atomic E-state index is 12.0. The van der Waals surface area contributed by atoms with E-state index in [4.69, 9.17) is 4.74 Å². The molecule has 0 spiro atoms. The molecule has 1 aliphatic heterocycles. The third-order valence-corrected chi connectivity index (χ3v) is 3.88. The molecule has 1 atom stereocenters. The molecule has 118 valence electrons. The summed E-state index contributed by atoms with van der Waals surface area (Å²) in [4.78, 5) is 26.0. The quantitative estimate of drug-likeness (QED) is 0.746. The SMILES string of the molecule is CCN1CCOC(CNCc2cn(C)c(=O)n(C)c2=O)C1. The average Bonchev–Trinajstić information content (AvgIpc) is 2.50. The molecule has 1 saturated heterocycles. The highest BCUT2D eigenvalue weighted by Gasteiger charge is 2.18. The molecular weight excluding hydrogens is 272 g/mol. The minimum absolute atomic E-state index is 0.148. The van der Waals surface area contributed by atoms with Crippen molar-refractivity contribution in [2.24, 2.45) is 14.1 Å². The van der Waals surface area contributed by atoms with Gasteiger partial charge in [-0.25, -0.2) is 4.79 Å². The second-order valence-corrected chi connectivity index (χ2v) is 5.43. The highest BCUT2D eigenvalue weighted by Crippen LogP contribution is 2.03. The van der Waals surface area contributed by atoms with E-state index >= 15 is 0 Å². The second-order valence-electron chi connectivity index (χ2n) is 5.43. The van der Waals surface area contributed by atoms with Crippen LogP contribution in [0.4, 0.5) is 0 Å². The fourth-order valence-corrected chi connectivity index (χ4v) is 2.56. The lowest BCUT2D eigenvalue weighted by Gasteiger charge is -2.32. The number of likely N-dealkylation sites (N-methyl/N-ethyl adjacent to an activating group) is 1. The van der Waals surface area contributed by atoms with Gasteiger partial charge in [0.2, 0.25) is 0 Å². The van der Waals surface area contributed by atoms with Gasteiger partial charge in [0.25, 0.3) is 5.56 Å². The summed E-state index contributed by atoms with van der Waals surface area (Å²) >= 11 is 0. The number of morpholine rings is 1. The zero-order valence-corrected chi connectivity index (χ0v) is 13.0. The van der Waals surface area contributed by atoms with Gasteiger partial charge in [-0.3, -0.25) is 14.3 Å². The fraction of sp³-hybridized carbons (Fsp3) is 0.714. The van der Waals surface area contributed by atoms with Gasteiger partial charge in [0.05, 0.1) is 12.7 Å². The van der Waals surface area contributed by atoms with Crippen LogP contribution >= 0.6 is 0 Å². The van der Waals surface area contributed by atoms with Crippen LogP contribution in [0.5, 0.6) is 0 Å². The molecule has 1 N–H and O–H groups in total. The molecule has 7 heteroatoms. The number of rotatable bonds is 5. The third kappa shape index (κ3) is 3.81. The van der Waals surface area contributed by atoms with E-state index in [1.165, 1.54) is 11.6 Å². The Hall–Kier alpha value is -1.44. The fourth-order valence-electron chi connectivity index (χ4n) is 2.56. The highest BCUT2D eigenvalue weighted by molar-refractivity contribution is 5.05. The van der Waals surface area contributed by atoms with E-state index in [0.29, 0.717) is 18.7 Å². The lowest BCUT2D eigenvalue weighted by atomic mass is 10.2. The van der Waals surface area contributed by atoms with Gasteiger partial charge in [0.15, 0.2) is 0 Å². The molecular formula is C14H24N4O3. The monoisotopic (exact) mass is 296 g/mol. The lowest BCUT2D eigenvalue weighted by molar-refractivity contribution is -0.0253. The second kappa shape index (κ2) is 7.02. The molecule has 1 fully saturated rings. The molecule has 0 bridgehead atoms. The molecule has 0 radical (unpaired) electrons. The summed E-state index contributed by atoms with van der Waals surface area (Å²) in [6.07, 6.45) is 1.74. The first kappa shape index (κ1) is 15.9. The molecule has 1 aromatic rings. The maximum Gasteiger partial charge on any atom is 0.330 e. The molecule has 0 saturated carbocycles. The van der Waals surface area contributed by atoms with Crippen molar-refractivity contribution in [3.63, 3.8) is 0 Å². The van der Waals surface area contributed by atoms with E-state index in [0.717, 1.165) is 30.8 Å². The molecule has 0 aliphatic carbocycles. The van der Waals surface area contributed by atoms with Crippen LogP contribution in [0.1, 0.15) is 12.5 Å². The van der Waals surface area contributed by atoms with Crippen molar-refractivity contribution in [3.8, 4) is 0 Å². The number of hydrogen-bond donors (Lipinski definition) is 1. The van der Waals surface area contributed by atoms with Crippen molar-refractivity contribution in [1.29, 1.82) is 0 Å². The van der Waals surface area contributed by atoms with Crippen molar-refractivity contribution in [2.45, 2.75) is 19.6 Å². The first-order valence-corrected chi connectivity index (χ1v) is 7.33. The highest BCUT2D eigenvalue weighted by atomic mass is 16.5. The Kier molecular flexibility index (Phi) is 5.33. The number of ether oxygens (including phenoxy) is 1. The van der Waals surface area contributed by atoms with Gasteiger partial charge in [-0.2, -0.15) is 0 Å². The van der Waals surface area contributed by atoms with Crippen molar-refractivity contribution >= 4 is 0 Å². The number of nitrogens with one attached hydrogen (secondary N) is 1. The minimum atomic E-state index is -0.307. The van der Waals surface area contributed by atoms with Crippen LogP contribution in [0.2, 0.25) is 0 Å². The summed E-state index contributed by atoms with van der Waals surface area (Å²) < 4.78 is 8.26. The smallest absolute Gasteiger partial charge is 0.330 e. The van der Waals surface area contributed by atoms with Gasteiger partial charge < -0.3 is 14.6 Å². The van der Waals surface area contributed by atoms with Gasteiger partial charge >= 0.3 is 5.69 Å². The lowest BCUT2D eigenvalue weighted by Crippen LogP contribution is -2.46. The summed E-state index contributed by atoms with van der Waals surface area (Å²) in [6.45, 7) is 6.95. The Morgan fingerprint density at radius 1 is 1.38 bits per heavy atom. The topological polar surface area (TPSA) is 68.5 Å². The van der Waals surface area contributed by atoms with Gasteiger partial charge in [0.1, 0.15) is 0 Å². The molecule has 0 amide bonds. The van der Waals surface area contributed by atoms with E-state index in [9.17, 15) is 9.59 Å². The zero-order valence-electron chi connectivity index (χ0n) is 13.0. The van der Waals surface area contributed by atoms with Crippen molar-refractivity contribution < 1.29 is 4.74 Å². The van der Waals surface area contributed by atoms with Crippen LogP contribution in [0.15, 0.2) is 15.8 Å². The predicted octanol–water partition coefficient (Wildman–Crippen LogP) is -1.11. The maximum absolute atomic E-state index is 12.0. The van der Waals surface area contributed by atoms with Crippen LogP contribution in [0.3, 0.4) is 0 Å². The van der Waals surface area contributed by atoms with E-state index < -0.39 is 0 Å². The van der Waals surface area contributed by atoms with Crippen LogP contribution < -0.4 is 16.6 Å². The molecule has 0 aromatic carbocycles. The van der Waals surface area contributed by atoms with Gasteiger partial charge in [-0.05, 0) is 6.54 Å². The summed E-state index contributed by atoms with van der Waals surface area (Å²) in [5.74, 6) is 0. The Balaban J connectivity index is 1.92. The Morgan fingerprint density at radius 3 is 2.86 bits per heavy atom. The molecule has 1 aliphatic rings. The predicted molar refractivity (Wildman–Crippen MR) is 80.5 cm³/mol. The number of nitrogens with zero attached hydrogens (tertiary/aromatic N) is 3. The minimum Gasteiger partial charge on any atom is -0.374 e. The van der Waals surface area contributed by atoms with Gasteiger partial charge in [-0.15, -0.1) is 0 Å². The van der Waals surface area contributed by atoms with Gasteiger partial charge in [-0.1, -0.05) is 6.92 Å². The van der Waals surface area contributed by atoms with E-state index in [1.807, 2.05) is 0 Å². The summed E-state index contributed by atoms with van der Waals surface area (Å²) in [5, 5.41) is 3.25. The van der Waals surface area contributed by atoms with Crippen molar-refractivity contribution in [2.75, 3.05) is 32.8 Å². The first-order chi connectivity index (χ1) is 10.0. The molecule has 1 aromatic heterocycles. The standard InChI is InChI=1S/C14H24N4O3/c1-4-18-5-6-21-12(10-18)8-15-7-11-9-16(2)14(20)17(3)13(11)19/h9,12,15H,4-8,10H2,1-3H3. The molecule has 7 nitrogen and oxygen atoms in total. The third-order valence-electron chi connectivity index (χ3n) is 3.88. The normalized spacial score (nSPS) is 19.9.